The van der Waals surface area contributed by atoms with E-state index < -0.39 is 5.91 Å². The van der Waals surface area contributed by atoms with Crippen LogP contribution < -0.4 is 16.2 Å². The Morgan fingerprint density at radius 3 is 2.48 bits per heavy atom. The predicted molar refractivity (Wildman–Crippen MR) is 94.7 cm³/mol. The molecule has 1 aromatic carbocycles. The monoisotopic (exact) mass is 355 g/mol. The van der Waals surface area contributed by atoms with Crippen LogP contribution in [0, 0.1) is 0 Å². The number of aromatic amines is 1. The third kappa shape index (κ3) is 4.15. The minimum absolute atomic E-state index is 0.0935. The number of hydrogen-bond donors (Lipinski definition) is 3. The van der Waals surface area contributed by atoms with Gasteiger partial charge in [0.2, 0.25) is 5.91 Å². The first-order valence-electron chi connectivity index (χ1n) is 7.22. The summed E-state index contributed by atoms with van der Waals surface area (Å²) in [5, 5.41) is 13.4. The van der Waals surface area contributed by atoms with Gasteiger partial charge in [-0.2, -0.15) is 5.10 Å². The molecule has 0 aliphatic heterocycles. The maximum absolute atomic E-state index is 12.0. The van der Waals surface area contributed by atoms with Gasteiger partial charge in [-0.3, -0.25) is 19.7 Å². The third-order valence-electron chi connectivity index (χ3n) is 3.14. The molecule has 2 amide bonds. The molecule has 0 fully saturated rings. The fourth-order valence-electron chi connectivity index (χ4n) is 2.02. The molecule has 2 heterocycles. The number of H-pyrrole nitrogens is 1. The summed E-state index contributed by atoms with van der Waals surface area (Å²) in [6.45, 7) is 1.44. The maximum Gasteiger partial charge on any atom is 0.277 e. The second-order valence-corrected chi connectivity index (χ2v) is 5.92. The van der Waals surface area contributed by atoms with Gasteiger partial charge in [-0.1, -0.05) is 12.1 Å². The van der Waals surface area contributed by atoms with Crippen molar-refractivity contribution >= 4 is 34.0 Å². The van der Waals surface area contributed by atoms with Crippen molar-refractivity contribution in [3.63, 3.8) is 0 Å². The van der Waals surface area contributed by atoms with E-state index >= 15 is 0 Å². The molecule has 126 valence electrons. The SMILES string of the molecule is CC(=O)Nc1ccc(-c2csc(NC(=O)c3ccc(=O)[nH]n3)n2)cc1. The van der Waals surface area contributed by atoms with Gasteiger partial charge >= 0.3 is 0 Å². The summed E-state index contributed by atoms with van der Waals surface area (Å²) in [5.74, 6) is -0.597. The quantitative estimate of drug-likeness (QED) is 0.662. The number of nitrogens with one attached hydrogen (secondary N) is 3. The number of anilines is 2. The number of thiazole rings is 1. The van der Waals surface area contributed by atoms with Gasteiger partial charge in [0.15, 0.2) is 5.13 Å². The number of carbonyl (C=O) groups excluding carboxylic acids is 2. The van der Waals surface area contributed by atoms with Gasteiger partial charge in [0.1, 0.15) is 5.69 Å². The lowest BCUT2D eigenvalue weighted by Crippen LogP contribution is -2.17. The lowest BCUT2D eigenvalue weighted by atomic mass is 10.1. The summed E-state index contributed by atoms with van der Waals surface area (Å²) in [6, 6.07) is 9.78. The Labute approximate surface area is 145 Å². The molecular formula is C16H13N5O3S. The van der Waals surface area contributed by atoms with Gasteiger partial charge in [0, 0.05) is 29.6 Å². The molecule has 8 nitrogen and oxygen atoms in total. The minimum Gasteiger partial charge on any atom is -0.326 e. The summed E-state index contributed by atoms with van der Waals surface area (Å²) in [7, 11) is 0. The van der Waals surface area contributed by atoms with Crippen LogP contribution in [0.25, 0.3) is 11.3 Å². The van der Waals surface area contributed by atoms with Crippen molar-refractivity contribution in [1.82, 2.24) is 15.2 Å². The van der Waals surface area contributed by atoms with Gasteiger partial charge in [0.25, 0.3) is 11.5 Å². The molecule has 3 N–H and O–H groups in total. The standard InChI is InChI=1S/C16H13N5O3S/c1-9(22)17-11-4-2-10(3-5-11)13-8-25-16(18-13)19-15(24)12-6-7-14(23)21-20-12/h2-8H,1H3,(H,17,22)(H,21,23)(H,18,19,24). The molecule has 2 aromatic heterocycles. The second kappa shape index (κ2) is 7.05. The van der Waals surface area contributed by atoms with Crippen molar-refractivity contribution < 1.29 is 9.59 Å². The molecule has 0 aliphatic carbocycles. The summed E-state index contributed by atoms with van der Waals surface area (Å²) in [4.78, 5) is 38.4. The van der Waals surface area contributed by atoms with Crippen LogP contribution in [0.4, 0.5) is 10.8 Å². The Bertz CT molecular complexity index is 957. The molecule has 25 heavy (non-hydrogen) atoms. The van der Waals surface area contributed by atoms with Crippen molar-refractivity contribution in [3.8, 4) is 11.3 Å². The van der Waals surface area contributed by atoms with E-state index in [2.05, 4.69) is 25.8 Å². The molecule has 0 unspecified atom stereocenters. The van der Waals surface area contributed by atoms with E-state index in [1.54, 1.807) is 12.1 Å². The zero-order chi connectivity index (χ0) is 17.8. The topological polar surface area (TPSA) is 117 Å². The van der Waals surface area contributed by atoms with E-state index in [4.69, 9.17) is 0 Å². The average molecular weight is 355 g/mol. The van der Waals surface area contributed by atoms with Gasteiger partial charge in [-0.15, -0.1) is 11.3 Å². The van der Waals surface area contributed by atoms with E-state index in [1.807, 2.05) is 17.5 Å². The predicted octanol–water partition coefficient (Wildman–Crippen LogP) is 2.10. The summed E-state index contributed by atoms with van der Waals surface area (Å²) < 4.78 is 0. The molecule has 9 heteroatoms. The Morgan fingerprint density at radius 2 is 1.84 bits per heavy atom. The molecular weight excluding hydrogens is 342 g/mol. The number of carbonyl (C=O) groups is 2. The molecule has 0 bridgehead atoms. The first-order chi connectivity index (χ1) is 12.0. The van der Waals surface area contributed by atoms with Crippen molar-refractivity contribution in [3.05, 3.63) is 57.8 Å². The number of nitrogens with zero attached hydrogens (tertiary/aromatic N) is 2. The number of amides is 2. The lowest BCUT2D eigenvalue weighted by molar-refractivity contribution is -0.114. The fourth-order valence-corrected chi connectivity index (χ4v) is 2.74. The van der Waals surface area contributed by atoms with E-state index in [-0.39, 0.29) is 17.2 Å². The second-order valence-electron chi connectivity index (χ2n) is 5.06. The van der Waals surface area contributed by atoms with Crippen LogP contribution in [0.1, 0.15) is 17.4 Å². The molecule has 0 aliphatic rings. The smallest absolute Gasteiger partial charge is 0.277 e. The van der Waals surface area contributed by atoms with E-state index in [1.165, 1.54) is 30.4 Å². The fraction of sp³-hybridized carbons (Fsp3) is 0.0625. The van der Waals surface area contributed by atoms with Gasteiger partial charge in [-0.05, 0) is 18.2 Å². The molecule has 3 aromatic rings. The largest absolute Gasteiger partial charge is 0.326 e. The zero-order valence-electron chi connectivity index (χ0n) is 13.1. The number of hydrogen-bond acceptors (Lipinski definition) is 6. The average Bonchev–Trinajstić information content (AvgIpc) is 3.04. The van der Waals surface area contributed by atoms with Crippen LogP contribution in [0.5, 0.6) is 0 Å². The molecule has 3 rings (SSSR count). The van der Waals surface area contributed by atoms with Crippen LogP contribution in [0.3, 0.4) is 0 Å². The minimum atomic E-state index is -0.460. The Balaban J connectivity index is 1.71. The highest BCUT2D eigenvalue weighted by molar-refractivity contribution is 7.14. The summed E-state index contributed by atoms with van der Waals surface area (Å²) in [6.07, 6.45) is 0. The summed E-state index contributed by atoms with van der Waals surface area (Å²) >= 11 is 1.27. The van der Waals surface area contributed by atoms with Gasteiger partial charge in [-0.25, -0.2) is 10.1 Å². The van der Waals surface area contributed by atoms with E-state index in [0.717, 1.165) is 5.56 Å². The molecule has 0 atom stereocenters. The molecule has 0 saturated carbocycles. The van der Waals surface area contributed by atoms with Crippen LogP contribution >= 0.6 is 11.3 Å². The first-order valence-corrected chi connectivity index (χ1v) is 8.10. The Hall–Kier alpha value is -3.33. The molecule has 0 saturated heterocycles. The van der Waals surface area contributed by atoms with Gasteiger partial charge in [0.05, 0.1) is 5.69 Å². The highest BCUT2D eigenvalue weighted by atomic mass is 32.1. The maximum atomic E-state index is 12.0. The summed E-state index contributed by atoms with van der Waals surface area (Å²) in [5.41, 5.74) is 1.97. The lowest BCUT2D eigenvalue weighted by Gasteiger charge is -2.03. The number of rotatable bonds is 4. The van der Waals surface area contributed by atoms with E-state index in [9.17, 15) is 14.4 Å². The highest BCUT2D eigenvalue weighted by Gasteiger charge is 2.11. The van der Waals surface area contributed by atoms with Crippen molar-refractivity contribution in [1.29, 1.82) is 0 Å². The van der Waals surface area contributed by atoms with Crippen LogP contribution in [0.2, 0.25) is 0 Å². The van der Waals surface area contributed by atoms with Crippen molar-refractivity contribution in [2.45, 2.75) is 6.92 Å². The number of benzene rings is 1. The van der Waals surface area contributed by atoms with Crippen molar-refractivity contribution in [2.75, 3.05) is 10.6 Å². The Kier molecular flexibility index (Phi) is 4.66. The van der Waals surface area contributed by atoms with Gasteiger partial charge < -0.3 is 5.32 Å². The van der Waals surface area contributed by atoms with Crippen LogP contribution in [0.15, 0.2) is 46.6 Å². The van der Waals surface area contributed by atoms with Crippen LogP contribution in [-0.4, -0.2) is 27.0 Å². The zero-order valence-corrected chi connectivity index (χ0v) is 13.9. The molecule has 0 radical (unpaired) electrons. The third-order valence-corrected chi connectivity index (χ3v) is 3.90. The normalized spacial score (nSPS) is 10.3. The Morgan fingerprint density at radius 1 is 1.08 bits per heavy atom. The van der Waals surface area contributed by atoms with Crippen molar-refractivity contribution in [2.24, 2.45) is 0 Å². The number of aromatic nitrogens is 3. The van der Waals surface area contributed by atoms with Crippen LogP contribution in [-0.2, 0) is 4.79 Å². The molecule has 0 spiro atoms. The highest BCUT2D eigenvalue weighted by Crippen LogP contribution is 2.26. The van der Waals surface area contributed by atoms with E-state index in [0.29, 0.717) is 16.5 Å². The first kappa shape index (κ1) is 16.5.